The molecule has 2 N–H and O–H groups in total. The number of hydrogen-bond donors (Lipinski definition) is 2. The molecule has 9 nitrogen and oxygen atoms in total. The van der Waals surface area contributed by atoms with Crippen LogP contribution in [0.15, 0.2) is 41.3 Å². The smallest absolute Gasteiger partial charge is 0.271 e. The molecule has 0 spiro atoms. The summed E-state index contributed by atoms with van der Waals surface area (Å²) in [6, 6.07) is 8.69. The van der Waals surface area contributed by atoms with E-state index in [0.29, 0.717) is 21.6 Å². The van der Waals surface area contributed by atoms with Crippen LogP contribution in [0.25, 0.3) is 16.6 Å². The number of para-hydroxylation sites is 1. The molecule has 4 rings (SSSR count). The molecule has 0 aliphatic carbocycles. The van der Waals surface area contributed by atoms with Crippen molar-refractivity contribution in [2.24, 2.45) is 0 Å². The van der Waals surface area contributed by atoms with Gasteiger partial charge in [-0.2, -0.15) is 0 Å². The van der Waals surface area contributed by atoms with Crippen LogP contribution in [0, 0.1) is 0 Å². The number of aromatic nitrogens is 6. The predicted octanol–water partition coefficient (Wildman–Crippen LogP) is 1.27. The van der Waals surface area contributed by atoms with E-state index in [1.165, 1.54) is 10.6 Å². The maximum atomic E-state index is 12.8. The summed E-state index contributed by atoms with van der Waals surface area (Å²) in [5.41, 5.74) is 0.254. The van der Waals surface area contributed by atoms with Crippen LogP contribution < -0.4 is 10.9 Å². The van der Waals surface area contributed by atoms with Gasteiger partial charge in [-0.05, 0) is 16.5 Å². The Bertz CT molecular complexity index is 1140. The van der Waals surface area contributed by atoms with Crippen LogP contribution in [0.4, 0.5) is 5.95 Å². The van der Waals surface area contributed by atoms with Crippen LogP contribution in [0.2, 0.25) is 5.02 Å². The lowest BCUT2D eigenvalue weighted by Gasteiger charge is -2.08. The fraction of sp³-hybridized carbons (Fsp3) is 0. The van der Waals surface area contributed by atoms with E-state index in [-0.39, 0.29) is 11.5 Å². The summed E-state index contributed by atoms with van der Waals surface area (Å²) >= 11 is 6.22. The fourth-order valence-corrected chi connectivity index (χ4v) is 2.66. The summed E-state index contributed by atoms with van der Waals surface area (Å²) in [5.74, 6) is -0.634. The number of benzene rings is 1. The second kappa shape index (κ2) is 5.39. The Morgan fingerprint density at radius 3 is 2.92 bits per heavy atom. The van der Waals surface area contributed by atoms with Crippen molar-refractivity contribution in [2.45, 2.75) is 0 Å². The maximum Gasteiger partial charge on any atom is 0.271 e. The number of pyridine rings is 1. The van der Waals surface area contributed by atoms with Gasteiger partial charge in [0.1, 0.15) is 11.2 Å². The van der Waals surface area contributed by atoms with Crippen molar-refractivity contribution in [2.75, 3.05) is 5.32 Å². The molecule has 0 aliphatic rings. The highest BCUT2D eigenvalue weighted by molar-refractivity contribution is 6.35. The summed E-state index contributed by atoms with van der Waals surface area (Å²) in [6.07, 6.45) is 1.20. The van der Waals surface area contributed by atoms with Gasteiger partial charge < -0.3 is 0 Å². The molecule has 1 amide bonds. The van der Waals surface area contributed by atoms with Gasteiger partial charge >= 0.3 is 0 Å². The summed E-state index contributed by atoms with van der Waals surface area (Å²) in [7, 11) is 0. The number of anilines is 1. The molecule has 0 unspecified atom stereocenters. The lowest BCUT2D eigenvalue weighted by atomic mass is 10.2. The van der Waals surface area contributed by atoms with E-state index in [9.17, 15) is 9.59 Å². The van der Waals surface area contributed by atoms with Crippen LogP contribution in [0.3, 0.4) is 0 Å². The maximum absolute atomic E-state index is 12.8. The Balaban J connectivity index is 1.94. The first kappa shape index (κ1) is 14.3. The van der Waals surface area contributed by atoms with E-state index < -0.39 is 11.5 Å². The van der Waals surface area contributed by atoms with Crippen molar-refractivity contribution in [3.05, 3.63) is 57.5 Å². The predicted molar refractivity (Wildman–Crippen MR) is 86.1 cm³/mol. The Morgan fingerprint density at radius 2 is 2.12 bits per heavy atom. The topological polar surface area (TPSA) is 118 Å². The van der Waals surface area contributed by atoms with E-state index in [4.69, 9.17) is 11.6 Å². The van der Waals surface area contributed by atoms with E-state index in [0.717, 1.165) is 0 Å². The van der Waals surface area contributed by atoms with E-state index >= 15 is 0 Å². The van der Waals surface area contributed by atoms with E-state index in [1.54, 1.807) is 24.3 Å². The lowest BCUT2D eigenvalue weighted by Crippen LogP contribution is -2.27. The van der Waals surface area contributed by atoms with Gasteiger partial charge in [0.2, 0.25) is 5.95 Å². The third-order valence-corrected chi connectivity index (χ3v) is 3.78. The molecule has 0 saturated carbocycles. The monoisotopic (exact) mass is 341 g/mol. The number of carbonyl (C=O) groups excluding carboxylic acids is 1. The largest absolute Gasteiger partial charge is 0.289 e. The molecule has 0 atom stereocenters. The van der Waals surface area contributed by atoms with Crippen LogP contribution in [-0.2, 0) is 0 Å². The molecule has 3 aromatic heterocycles. The number of nitrogens with zero attached hydrogens (tertiary/aromatic N) is 5. The molecule has 4 aromatic rings. The molecule has 0 radical (unpaired) electrons. The highest BCUT2D eigenvalue weighted by Crippen LogP contribution is 2.24. The molecule has 24 heavy (non-hydrogen) atoms. The zero-order valence-corrected chi connectivity index (χ0v) is 12.7. The average Bonchev–Trinajstić information content (AvgIpc) is 3.08. The molecule has 0 fully saturated rings. The number of nitrogens with one attached hydrogen (secondary N) is 2. The van der Waals surface area contributed by atoms with Crippen molar-refractivity contribution in [1.29, 1.82) is 0 Å². The minimum absolute atomic E-state index is 0.0328. The van der Waals surface area contributed by atoms with Gasteiger partial charge in [-0.25, -0.2) is 10.1 Å². The summed E-state index contributed by atoms with van der Waals surface area (Å²) < 4.78 is 1.34. The first-order chi connectivity index (χ1) is 11.6. The average molecular weight is 342 g/mol. The van der Waals surface area contributed by atoms with Crippen molar-refractivity contribution in [1.82, 2.24) is 30.0 Å². The third-order valence-electron chi connectivity index (χ3n) is 3.47. The Labute approximate surface area is 138 Å². The van der Waals surface area contributed by atoms with E-state index in [2.05, 4.69) is 30.9 Å². The number of carbonyl (C=O) groups is 1. The minimum Gasteiger partial charge on any atom is -0.289 e. The standard InChI is InChI=1S/C14H8ClN7O2/c15-9-5-11-16-6-8(12(23)17-14-18-20-21-19-14)13(24)22(11)10-4-2-1-3-7(9)10/h1-6H,(H2,17,18,19,20,21,23). The summed E-state index contributed by atoms with van der Waals surface area (Å²) in [5, 5.41) is 16.2. The number of halogens is 1. The van der Waals surface area contributed by atoms with Crippen molar-refractivity contribution >= 4 is 40.0 Å². The fourth-order valence-electron chi connectivity index (χ4n) is 2.41. The lowest BCUT2D eigenvalue weighted by molar-refractivity contribution is 0.102. The molecule has 118 valence electrons. The highest BCUT2D eigenvalue weighted by Gasteiger charge is 2.17. The van der Waals surface area contributed by atoms with Crippen molar-refractivity contribution in [3.63, 3.8) is 0 Å². The second-order valence-electron chi connectivity index (χ2n) is 4.88. The number of hydrogen-bond acceptors (Lipinski definition) is 6. The van der Waals surface area contributed by atoms with Gasteiger partial charge in [0.25, 0.3) is 11.5 Å². The number of aromatic amines is 1. The quantitative estimate of drug-likeness (QED) is 0.530. The molecule has 1 aromatic carbocycles. The number of amides is 1. The minimum atomic E-state index is -0.667. The normalized spacial score (nSPS) is 11.0. The molecule has 0 aliphatic heterocycles. The number of tetrazole rings is 1. The van der Waals surface area contributed by atoms with Gasteiger partial charge in [-0.15, -0.1) is 0 Å². The Hall–Kier alpha value is -3.33. The zero-order valence-electron chi connectivity index (χ0n) is 11.9. The molecule has 0 saturated heterocycles. The molecule has 3 heterocycles. The first-order valence-corrected chi connectivity index (χ1v) is 7.17. The van der Waals surface area contributed by atoms with Crippen LogP contribution in [0.1, 0.15) is 10.4 Å². The third kappa shape index (κ3) is 2.18. The van der Waals surface area contributed by atoms with Gasteiger partial charge in [0.05, 0.1) is 10.5 Å². The van der Waals surface area contributed by atoms with Crippen LogP contribution >= 0.6 is 11.6 Å². The van der Waals surface area contributed by atoms with Gasteiger partial charge in [0, 0.05) is 17.6 Å². The Morgan fingerprint density at radius 1 is 1.29 bits per heavy atom. The molecule has 10 heteroatoms. The highest BCUT2D eigenvalue weighted by atomic mass is 35.5. The second-order valence-corrected chi connectivity index (χ2v) is 5.29. The van der Waals surface area contributed by atoms with Crippen LogP contribution in [0.5, 0.6) is 0 Å². The summed E-state index contributed by atoms with van der Waals surface area (Å²) in [6.45, 7) is 0. The zero-order chi connectivity index (χ0) is 16.7. The number of rotatable bonds is 2. The first-order valence-electron chi connectivity index (χ1n) is 6.79. The molecular formula is C14H8ClN7O2. The van der Waals surface area contributed by atoms with E-state index in [1.807, 2.05) is 6.07 Å². The van der Waals surface area contributed by atoms with Gasteiger partial charge in [-0.3, -0.25) is 19.3 Å². The molecule has 0 bridgehead atoms. The van der Waals surface area contributed by atoms with Gasteiger partial charge in [0.15, 0.2) is 0 Å². The summed E-state index contributed by atoms with van der Waals surface area (Å²) in [4.78, 5) is 29.2. The Kier molecular flexibility index (Phi) is 3.21. The number of H-pyrrole nitrogens is 1. The molecular weight excluding hydrogens is 334 g/mol. The van der Waals surface area contributed by atoms with Gasteiger partial charge in [-0.1, -0.05) is 34.9 Å². The van der Waals surface area contributed by atoms with Crippen LogP contribution in [-0.4, -0.2) is 35.9 Å². The van der Waals surface area contributed by atoms with Crippen molar-refractivity contribution in [3.8, 4) is 0 Å². The number of fused-ring (bicyclic) bond motifs is 3. The SMILES string of the molecule is O=C(Nc1nnn[nH]1)c1cnc2cc(Cl)c3ccccc3n2c1=O. The van der Waals surface area contributed by atoms with Crippen molar-refractivity contribution < 1.29 is 4.79 Å².